The molecule has 3 N–H and O–H groups in total. The average Bonchev–Trinajstić information content (AvgIpc) is 3.01. The van der Waals surface area contributed by atoms with Crippen molar-refractivity contribution in [3.63, 3.8) is 0 Å². The molecule has 1 aromatic carbocycles. The molecule has 0 bridgehead atoms. The number of nitrogens with one attached hydrogen (secondary N) is 1. The van der Waals surface area contributed by atoms with E-state index in [9.17, 15) is 4.79 Å². The molecule has 1 aliphatic carbocycles. The maximum atomic E-state index is 12.3. The molecule has 1 aromatic rings. The minimum Gasteiger partial charge on any atom is -0.379 e. The van der Waals surface area contributed by atoms with Crippen molar-refractivity contribution in [3.8, 4) is 0 Å². The van der Waals surface area contributed by atoms with Gasteiger partial charge in [-0.05, 0) is 24.0 Å². The van der Waals surface area contributed by atoms with Crippen molar-refractivity contribution in [2.24, 2.45) is 11.7 Å². The van der Waals surface area contributed by atoms with E-state index < -0.39 is 0 Å². The van der Waals surface area contributed by atoms with Gasteiger partial charge in [0.15, 0.2) is 0 Å². The van der Waals surface area contributed by atoms with Crippen LogP contribution in [-0.2, 0) is 22.6 Å². The van der Waals surface area contributed by atoms with Crippen LogP contribution in [0.4, 0.5) is 0 Å². The highest BCUT2D eigenvalue weighted by Gasteiger charge is 2.30. The second-order valence-electron chi connectivity index (χ2n) is 6.58. The van der Waals surface area contributed by atoms with E-state index in [0.717, 1.165) is 52.1 Å². The van der Waals surface area contributed by atoms with Crippen molar-refractivity contribution < 1.29 is 9.53 Å². The SMILES string of the molecule is N[C@H]1CCC[C@H]1C(=O)NCc1ccccc1CN1CCOCC1. The van der Waals surface area contributed by atoms with Crippen molar-refractivity contribution in [1.82, 2.24) is 10.2 Å². The number of amides is 1. The normalized spacial score (nSPS) is 25.4. The summed E-state index contributed by atoms with van der Waals surface area (Å²) >= 11 is 0. The molecule has 3 rings (SSSR count). The van der Waals surface area contributed by atoms with Crippen molar-refractivity contribution in [3.05, 3.63) is 35.4 Å². The van der Waals surface area contributed by atoms with Gasteiger partial charge in [-0.15, -0.1) is 0 Å². The van der Waals surface area contributed by atoms with E-state index in [4.69, 9.17) is 10.5 Å². The quantitative estimate of drug-likeness (QED) is 0.858. The summed E-state index contributed by atoms with van der Waals surface area (Å²) in [5, 5.41) is 3.09. The zero-order valence-electron chi connectivity index (χ0n) is 13.7. The second-order valence-corrected chi connectivity index (χ2v) is 6.58. The van der Waals surface area contributed by atoms with Gasteiger partial charge >= 0.3 is 0 Å². The highest BCUT2D eigenvalue weighted by Crippen LogP contribution is 2.24. The maximum absolute atomic E-state index is 12.3. The molecule has 1 aliphatic heterocycles. The van der Waals surface area contributed by atoms with E-state index in [-0.39, 0.29) is 17.9 Å². The molecule has 1 amide bonds. The molecule has 1 heterocycles. The third-order valence-electron chi connectivity index (χ3n) is 4.98. The van der Waals surface area contributed by atoms with Gasteiger partial charge in [-0.2, -0.15) is 0 Å². The largest absolute Gasteiger partial charge is 0.379 e. The highest BCUT2D eigenvalue weighted by atomic mass is 16.5. The summed E-state index contributed by atoms with van der Waals surface area (Å²) in [5.41, 5.74) is 8.50. The summed E-state index contributed by atoms with van der Waals surface area (Å²) in [6, 6.07) is 8.38. The Hall–Kier alpha value is -1.43. The van der Waals surface area contributed by atoms with Gasteiger partial charge in [0.1, 0.15) is 0 Å². The zero-order chi connectivity index (χ0) is 16.1. The third kappa shape index (κ3) is 4.31. The zero-order valence-corrected chi connectivity index (χ0v) is 13.7. The van der Waals surface area contributed by atoms with Crippen LogP contribution in [0.25, 0.3) is 0 Å². The molecule has 0 unspecified atom stereocenters. The summed E-state index contributed by atoms with van der Waals surface area (Å²) < 4.78 is 5.40. The van der Waals surface area contributed by atoms with Gasteiger partial charge in [0, 0.05) is 32.2 Å². The van der Waals surface area contributed by atoms with Crippen LogP contribution in [0.1, 0.15) is 30.4 Å². The predicted octanol–water partition coefficient (Wildman–Crippen LogP) is 1.26. The van der Waals surface area contributed by atoms with Crippen LogP contribution in [-0.4, -0.2) is 43.2 Å². The third-order valence-corrected chi connectivity index (χ3v) is 4.98. The van der Waals surface area contributed by atoms with Crippen molar-refractivity contribution in [1.29, 1.82) is 0 Å². The highest BCUT2D eigenvalue weighted by molar-refractivity contribution is 5.79. The number of rotatable bonds is 5. The van der Waals surface area contributed by atoms with Gasteiger partial charge in [0.2, 0.25) is 5.91 Å². The molecule has 1 saturated carbocycles. The summed E-state index contributed by atoms with van der Waals surface area (Å²) in [4.78, 5) is 14.7. The first-order valence-corrected chi connectivity index (χ1v) is 8.64. The maximum Gasteiger partial charge on any atom is 0.224 e. The number of carbonyl (C=O) groups excluding carboxylic acids is 1. The number of hydrogen-bond donors (Lipinski definition) is 2. The van der Waals surface area contributed by atoms with Gasteiger partial charge < -0.3 is 15.8 Å². The number of ether oxygens (including phenoxy) is 1. The number of morpholine rings is 1. The lowest BCUT2D eigenvalue weighted by atomic mass is 10.0. The molecule has 23 heavy (non-hydrogen) atoms. The molecule has 2 aliphatic rings. The molecule has 2 fully saturated rings. The molecular formula is C18H27N3O2. The van der Waals surface area contributed by atoms with E-state index in [2.05, 4.69) is 28.4 Å². The molecule has 126 valence electrons. The van der Waals surface area contributed by atoms with Crippen LogP contribution in [0, 0.1) is 5.92 Å². The lowest BCUT2D eigenvalue weighted by Gasteiger charge is -2.27. The van der Waals surface area contributed by atoms with Crippen molar-refractivity contribution in [2.75, 3.05) is 26.3 Å². The first-order chi connectivity index (χ1) is 11.2. The topological polar surface area (TPSA) is 67.6 Å². The van der Waals surface area contributed by atoms with Gasteiger partial charge in [0.25, 0.3) is 0 Å². The second kappa shape index (κ2) is 7.90. The first kappa shape index (κ1) is 16.4. The van der Waals surface area contributed by atoms with Gasteiger partial charge in [0.05, 0.1) is 19.1 Å². The Kier molecular flexibility index (Phi) is 5.65. The molecule has 2 atom stereocenters. The number of carbonyl (C=O) groups is 1. The molecule has 0 radical (unpaired) electrons. The standard InChI is InChI=1S/C18H27N3O2/c19-17-7-3-6-16(17)18(22)20-12-14-4-1-2-5-15(14)13-21-8-10-23-11-9-21/h1-2,4-5,16-17H,3,6-13,19H2,(H,20,22)/t16-,17+/m1/s1. The van der Waals surface area contributed by atoms with Crippen LogP contribution in [0.15, 0.2) is 24.3 Å². The minimum absolute atomic E-state index is 0.0126. The Morgan fingerprint density at radius 2 is 1.96 bits per heavy atom. The van der Waals surface area contributed by atoms with Crippen LogP contribution in [0.3, 0.4) is 0 Å². The van der Waals surface area contributed by atoms with Gasteiger partial charge in [-0.3, -0.25) is 9.69 Å². The fourth-order valence-corrected chi connectivity index (χ4v) is 3.51. The van der Waals surface area contributed by atoms with Crippen molar-refractivity contribution in [2.45, 2.75) is 38.4 Å². The summed E-state index contributed by atoms with van der Waals surface area (Å²) in [7, 11) is 0. The number of benzene rings is 1. The van der Waals surface area contributed by atoms with E-state index >= 15 is 0 Å². The molecule has 0 spiro atoms. The Balaban J connectivity index is 1.58. The van der Waals surface area contributed by atoms with Crippen LogP contribution >= 0.6 is 0 Å². The number of nitrogens with two attached hydrogens (primary N) is 1. The summed E-state index contributed by atoms with van der Waals surface area (Å²) in [6.07, 6.45) is 2.95. The smallest absolute Gasteiger partial charge is 0.224 e. The molecule has 5 heteroatoms. The van der Waals surface area contributed by atoms with Crippen molar-refractivity contribution >= 4 is 5.91 Å². The van der Waals surface area contributed by atoms with Crippen LogP contribution in [0.2, 0.25) is 0 Å². The van der Waals surface area contributed by atoms with E-state index in [0.29, 0.717) is 6.54 Å². The Labute approximate surface area is 138 Å². The average molecular weight is 317 g/mol. The van der Waals surface area contributed by atoms with E-state index in [1.165, 1.54) is 11.1 Å². The molecule has 5 nitrogen and oxygen atoms in total. The predicted molar refractivity (Wildman–Crippen MR) is 89.7 cm³/mol. The van der Waals surface area contributed by atoms with E-state index in [1.54, 1.807) is 0 Å². The number of hydrogen-bond acceptors (Lipinski definition) is 4. The molecular weight excluding hydrogens is 290 g/mol. The lowest BCUT2D eigenvalue weighted by Crippen LogP contribution is -2.38. The Bertz CT molecular complexity index is 529. The van der Waals surface area contributed by atoms with Crippen LogP contribution < -0.4 is 11.1 Å². The first-order valence-electron chi connectivity index (χ1n) is 8.64. The minimum atomic E-state index is -0.0126. The lowest BCUT2D eigenvalue weighted by molar-refractivity contribution is -0.125. The monoisotopic (exact) mass is 317 g/mol. The van der Waals surface area contributed by atoms with E-state index in [1.807, 2.05) is 6.07 Å². The van der Waals surface area contributed by atoms with Crippen LogP contribution in [0.5, 0.6) is 0 Å². The Morgan fingerprint density at radius 3 is 2.65 bits per heavy atom. The summed E-state index contributed by atoms with van der Waals surface area (Å²) in [6.45, 7) is 5.05. The van der Waals surface area contributed by atoms with Gasteiger partial charge in [-0.1, -0.05) is 30.7 Å². The molecule has 0 aromatic heterocycles. The fraction of sp³-hybridized carbons (Fsp3) is 0.611. The Morgan fingerprint density at radius 1 is 1.22 bits per heavy atom. The van der Waals surface area contributed by atoms with Gasteiger partial charge in [-0.25, -0.2) is 0 Å². The summed E-state index contributed by atoms with van der Waals surface area (Å²) in [5.74, 6) is 0.0950. The number of nitrogens with zero attached hydrogens (tertiary/aromatic N) is 1. The fourth-order valence-electron chi connectivity index (χ4n) is 3.51. The molecule has 1 saturated heterocycles.